The molecular weight excluding hydrogens is 574 g/mol. The van der Waals surface area contributed by atoms with Gasteiger partial charge in [0.1, 0.15) is 11.2 Å². The monoisotopic (exact) mass is 601 g/mol. The summed E-state index contributed by atoms with van der Waals surface area (Å²) < 4.78 is 6.56. The Labute approximate surface area is 271 Å². The molecule has 9 rings (SSSR count). The maximum Gasteiger partial charge on any atom is 0.164 e. The van der Waals surface area contributed by atoms with Crippen molar-refractivity contribution in [1.29, 1.82) is 0 Å². The normalized spacial score (nSPS) is 11.4. The van der Waals surface area contributed by atoms with E-state index in [9.17, 15) is 0 Å². The van der Waals surface area contributed by atoms with E-state index in [4.69, 9.17) is 19.4 Å². The highest BCUT2D eigenvalue weighted by atomic mass is 16.3. The lowest BCUT2D eigenvalue weighted by Crippen LogP contribution is -2.00. The summed E-state index contributed by atoms with van der Waals surface area (Å²) in [6.45, 7) is 0. The number of furan rings is 1. The summed E-state index contributed by atoms with van der Waals surface area (Å²) in [6.07, 6.45) is 0. The Morgan fingerprint density at radius 2 is 0.809 bits per heavy atom. The molecular formula is C43H27N3O. The Balaban J connectivity index is 1.18. The third-order valence-corrected chi connectivity index (χ3v) is 8.70. The van der Waals surface area contributed by atoms with Crippen LogP contribution in [0.1, 0.15) is 0 Å². The molecule has 220 valence electrons. The van der Waals surface area contributed by atoms with E-state index >= 15 is 0 Å². The number of rotatable bonds is 5. The summed E-state index contributed by atoms with van der Waals surface area (Å²) in [4.78, 5) is 14.6. The molecule has 0 saturated carbocycles. The van der Waals surface area contributed by atoms with Crippen LogP contribution in [0.4, 0.5) is 0 Å². The Bertz CT molecular complexity index is 2480. The average molecular weight is 602 g/mol. The zero-order valence-corrected chi connectivity index (χ0v) is 25.3. The molecule has 0 fully saturated rings. The molecule has 0 saturated heterocycles. The molecule has 2 heterocycles. The molecule has 7 aromatic carbocycles. The van der Waals surface area contributed by atoms with Gasteiger partial charge < -0.3 is 4.42 Å². The second kappa shape index (κ2) is 11.2. The lowest BCUT2D eigenvalue weighted by molar-refractivity contribution is 0.669. The van der Waals surface area contributed by atoms with Crippen LogP contribution < -0.4 is 0 Å². The maximum atomic E-state index is 6.56. The van der Waals surface area contributed by atoms with Crippen molar-refractivity contribution in [2.75, 3.05) is 0 Å². The van der Waals surface area contributed by atoms with Crippen LogP contribution in [0.25, 0.3) is 89.1 Å². The first-order chi connectivity index (χ1) is 23.3. The fourth-order valence-electron chi connectivity index (χ4n) is 6.35. The Hall–Kier alpha value is -6.39. The number of benzene rings is 7. The third-order valence-electron chi connectivity index (χ3n) is 8.70. The highest BCUT2D eigenvalue weighted by molar-refractivity contribution is 6.16. The molecule has 4 nitrogen and oxygen atoms in total. The number of aromatic nitrogens is 3. The van der Waals surface area contributed by atoms with Crippen LogP contribution in [0.5, 0.6) is 0 Å². The minimum Gasteiger partial charge on any atom is -0.456 e. The molecule has 0 spiro atoms. The fourth-order valence-corrected chi connectivity index (χ4v) is 6.35. The van der Waals surface area contributed by atoms with Gasteiger partial charge in [0.05, 0.1) is 0 Å². The molecule has 0 aliphatic carbocycles. The van der Waals surface area contributed by atoms with Crippen LogP contribution in [0, 0.1) is 0 Å². The van der Waals surface area contributed by atoms with Crippen LogP contribution in [0.15, 0.2) is 168 Å². The first-order valence-electron chi connectivity index (χ1n) is 15.7. The predicted octanol–water partition coefficient (Wildman–Crippen LogP) is 11.3. The first kappa shape index (κ1) is 27.0. The van der Waals surface area contributed by atoms with Crippen molar-refractivity contribution >= 4 is 32.7 Å². The van der Waals surface area contributed by atoms with Gasteiger partial charge in [0.15, 0.2) is 17.5 Å². The summed E-state index contributed by atoms with van der Waals surface area (Å²) in [6, 6.07) is 56.4. The maximum absolute atomic E-state index is 6.56. The minimum absolute atomic E-state index is 0.633. The van der Waals surface area contributed by atoms with Gasteiger partial charge in [-0.1, -0.05) is 140 Å². The molecule has 0 aliphatic rings. The number of nitrogens with zero attached hydrogens (tertiary/aromatic N) is 3. The lowest BCUT2D eigenvalue weighted by Gasteiger charge is -2.10. The topological polar surface area (TPSA) is 51.8 Å². The van der Waals surface area contributed by atoms with Crippen LogP contribution in [-0.4, -0.2) is 15.0 Å². The van der Waals surface area contributed by atoms with Gasteiger partial charge in [0, 0.05) is 27.5 Å². The van der Waals surface area contributed by atoms with Gasteiger partial charge in [0.25, 0.3) is 0 Å². The van der Waals surface area contributed by atoms with Crippen LogP contribution in [-0.2, 0) is 0 Å². The van der Waals surface area contributed by atoms with Crippen molar-refractivity contribution in [2.45, 2.75) is 0 Å². The minimum atomic E-state index is 0.633. The van der Waals surface area contributed by atoms with Crippen molar-refractivity contribution in [2.24, 2.45) is 0 Å². The van der Waals surface area contributed by atoms with Crippen LogP contribution >= 0.6 is 0 Å². The average Bonchev–Trinajstić information content (AvgIpc) is 3.51. The smallest absolute Gasteiger partial charge is 0.164 e. The van der Waals surface area contributed by atoms with Crippen LogP contribution in [0.3, 0.4) is 0 Å². The van der Waals surface area contributed by atoms with E-state index in [1.165, 1.54) is 10.8 Å². The molecule has 0 bridgehead atoms. The summed E-state index contributed by atoms with van der Waals surface area (Å²) in [5, 5.41) is 4.62. The zero-order valence-electron chi connectivity index (χ0n) is 25.3. The van der Waals surface area contributed by atoms with Gasteiger partial charge in [0.2, 0.25) is 0 Å². The van der Waals surface area contributed by atoms with E-state index in [-0.39, 0.29) is 0 Å². The van der Waals surface area contributed by atoms with E-state index in [2.05, 4.69) is 103 Å². The van der Waals surface area contributed by atoms with E-state index in [0.717, 1.165) is 60.9 Å². The second-order valence-electron chi connectivity index (χ2n) is 11.7. The SMILES string of the molecule is c1ccc(-c2nc(-c3ccccc3)nc(-c3ccc(-c4cc(-c5ccccc5)c5c(c4)oc4cc6ccccc6cc45)cc3)n2)cc1. The van der Waals surface area contributed by atoms with Crippen molar-refractivity contribution in [3.63, 3.8) is 0 Å². The lowest BCUT2D eigenvalue weighted by atomic mass is 9.93. The summed E-state index contributed by atoms with van der Waals surface area (Å²) in [5.74, 6) is 1.93. The van der Waals surface area contributed by atoms with Gasteiger partial charge in [-0.15, -0.1) is 0 Å². The molecule has 0 amide bonds. The summed E-state index contributed by atoms with van der Waals surface area (Å²) in [7, 11) is 0. The van der Waals surface area contributed by atoms with Gasteiger partial charge in [-0.2, -0.15) is 0 Å². The molecule has 4 heteroatoms. The molecule has 9 aromatic rings. The third kappa shape index (κ3) is 4.93. The van der Waals surface area contributed by atoms with Gasteiger partial charge in [-0.25, -0.2) is 15.0 Å². The predicted molar refractivity (Wildman–Crippen MR) is 192 cm³/mol. The van der Waals surface area contributed by atoms with Crippen molar-refractivity contribution in [3.8, 4) is 56.4 Å². The van der Waals surface area contributed by atoms with E-state index in [1.54, 1.807) is 0 Å². The largest absolute Gasteiger partial charge is 0.456 e. The Morgan fingerprint density at radius 3 is 1.38 bits per heavy atom. The first-order valence-corrected chi connectivity index (χ1v) is 15.7. The van der Waals surface area contributed by atoms with Crippen molar-refractivity contribution in [3.05, 3.63) is 164 Å². The standard InChI is InChI=1S/C43H27N3O/c1-4-12-29(13-5-1)36-25-35(27-39-40(36)37-24-33-18-10-11-19-34(33)26-38(37)47-39)28-20-22-32(23-21-28)43-45-41(30-14-6-2-7-15-30)44-42(46-43)31-16-8-3-9-17-31/h1-27H. The Morgan fingerprint density at radius 1 is 0.340 bits per heavy atom. The Kier molecular flexibility index (Phi) is 6.43. The molecule has 0 aliphatic heterocycles. The molecule has 0 atom stereocenters. The van der Waals surface area contributed by atoms with E-state index in [1.807, 2.05) is 60.7 Å². The van der Waals surface area contributed by atoms with Crippen LogP contribution in [0.2, 0.25) is 0 Å². The van der Waals surface area contributed by atoms with Gasteiger partial charge in [-0.3, -0.25) is 0 Å². The highest BCUT2D eigenvalue weighted by Gasteiger charge is 2.17. The number of hydrogen-bond donors (Lipinski definition) is 0. The van der Waals surface area contributed by atoms with Gasteiger partial charge in [-0.05, 0) is 57.3 Å². The van der Waals surface area contributed by atoms with Crippen molar-refractivity contribution < 1.29 is 4.42 Å². The fraction of sp³-hybridized carbons (Fsp3) is 0. The molecule has 0 radical (unpaired) electrons. The van der Waals surface area contributed by atoms with E-state index < -0.39 is 0 Å². The highest BCUT2D eigenvalue weighted by Crippen LogP contribution is 2.41. The molecule has 2 aromatic heterocycles. The quantitative estimate of drug-likeness (QED) is 0.197. The number of hydrogen-bond acceptors (Lipinski definition) is 4. The molecule has 0 N–H and O–H groups in total. The van der Waals surface area contributed by atoms with E-state index in [0.29, 0.717) is 17.5 Å². The second-order valence-corrected chi connectivity index (χ2v) is 11.7. The summed E-state index contributed by atoms with van der Waals surface area (Å²) >= 11 is 0. The zero-order chi connectivity index (χ0) is 31.2. The number of fused-ring (bicyclic) bond motifs is 4. The summed E-state index contributed by atoms with van der Waals surface area (Å²) in [5.41, 5.74) is 9.04. The molecule has 47 heavy (non-hydrogen) atoms. The van der Waals surface area contributed by atoms with Gasteiger partial charge >= 0.3 is 0 Å². The molecule has 0 unspecified atom stereocenters. The van der Waals surface area contributed by atoms with Crippen molar-refractivity contribution in [1.82, 2.24) is 15.0 Å².